The molecule has 0 N–H and O–H groups in total. The van der Waals surface area contributed by atoms with E-state index in [2.05, 4.69) is 57.2 Å². The van der Waals surface area contributed by atoms with Crippen LogP contribution in [-0.2, 0) is 0 Å². The van der Waals surface area contributed by atoms with Gasteiger partial charge < -0.3 is 0 Å². The molecule has 1 aromatic carbocycles. The van der Waals surface area contributed by atoms with E-state index < -0.39 is 0 Å². The molecule has 0 saturated carbocycles. The van der Waals surface area contributed by atoms with E-state index in [0.29, 0.717) is 0 Å². The molecule has 0 aliphatic carbocycles. The maximum atomic E-state index is 6.50. The largest absolute Gasteiger partial charge is 0.202 e. The highest BCUT2D eigenvalue weighted by Gasteiger charge is 1.84. The van der Waals surface area contributed by atoms with E-state index in [1.165, 1.54) is 3.57 Å². The molecule has 0 aliphatic heterocycles. The number of hydrogen-bond acceptors (Lipinski definition) is 1. The van der Waals surface area contributed by atoms with Crippen LogP contribution in [0.15, 0.2) is 28.7 Å². The molecule has 52 valence electrons. The van der Waals surface area contributed by atoms with Crippen LogP contribution in [0.2, 0.25) is 0 Å². The van der Waals surface area contributed by atoms with E-state index in [0.717, 1.165) is 4.47 Å². The first-order valence-corrected chi connectivity index (χ1v) is 4.33. The molecule has 0 fully saturated rings. The second-order valence-corrected chi connectivity index (χ2v) is 3.60. The zero-order chi connectivity index (χ0) is 7.98. The van der Waals surface area contributed by atoms with E-state index in [9.17, 15) is 0 Å². The Kier molecular flexibility index (Phi) is 5.64. The SMILES string of the molecule is Brc1cccc(I)c1.C#N. The summed E-state index contributed by atoms with van der Waals surface area (Å²) < 4.78 is 2.40. The minimum absolute atomic E-state index is 1.14. The van der Waals surface area contributed by atoms with Gasteiger partial charge in [0, 0.05) is 14.6 Å². The van der Waals surface area contributed by atoms with Crippen LogP contribution in [-0.4, -0.2) is 0 Å². The third-order valence-corrected chi connectivity index (χ3v) is 1.95. The summed E-state index contributed by atoms with van der Waals surface area (Å²) in [4.78, 5) is 0. The van der Waals surface area contributed by atoms with Crippen molar-refractivity contribution in [3.8, 4) is 6.57 Å². The lowest BCUT2D eigenvalue weighted by Crippen LogP contribution is -1.66. The van der Waals surface area contributed by atoms with Crippen LogP contribution in [0.1, 0.15) is 0 Å². The molecule has 0 saturated heterocycles. The van der Waals surface area contributed by atoms with Crippen molar-refractivity contribution in [2.24, 2.45) is 0 Å². The van der Waals surface area contributed by atoms with Crippen molar-refractivity contribution in [3.63, 3.8) is 0 Å². The highest BCUT2D eigenvalue weighted by molar-refractivity contribution is 14.1. The molecule has 0 radical (unpaired) electrons. The molecule has 0 heterocycles. The number of nitrogens with zero attached hydrogens (tertiary/aromatic N) is 1. The number of rotatable bonds is 0. The third-order valence-electron chi connectivity index (χ3n) is 0.787. The van der Waals surface area contributed by atoms with Gasteiger partial charge in [-0.2, -0.15) is 0 Å². The van der Waals surface area contributed by atoms with Gasteiger partial charge in [0.05, 0.1) is 0 Å². The van der Waals surface area contributed by atoms with E-state index in [1.54, 1.807) is 0 Å². The zero-order valence-electron chi connectivity index (χ0n) is 5.09. The number of nitriles is 1. The van der Waals surface area contributed by atoms with Gasteiger partial charge in [0.15, 0.2) is 0 Å². The van der Waals surface area contributed by atoms with Gasteiger partial charge in [-0.05, 0) is 40.8 Å². The Morgan fingerprint density at radius 1 is 1.40 bits per heavy atom. The Morgan fingerprint density at radius 2 is 2.00 bits per heavy atom. The van der Waals surface area contributed by atoms with Gasteiger partial charge in [-0.1, -0.05) is 22.0 Å². The number of benzene rings is 1. The summed E-state index contributed by atoms with van der Waals surface area (Å²) in [5.41, 5.74) is 0. The molecule has 1 aromatic rings. The molecule has 0 aromatic heterocycles. The highest BCUT2D eigenvalue weighted by atomic mass is 127. The minimum Gasteiger partial charge on any atom is -0.202 e. The zero-order valence-corrected chi connectivity index (χ0v) is 8.83. The lowest BCUT2D eigenvalue weighted by atomic mass is 10.4. The second kappa shape index (κ2) is 5.69. The Bertz CT molecular complexity index is 205. The molecule has 1 nitrogen and oxygen atoms in total. The Balaban J connectivity index is 0.000000371. The Morgan fingerprint density at radius 3 is 2.30 bits per heavy atom. The van der Waals surface area contributed by atoms with Crippen LogP contribution in [0.4, 0.5) is 0 Å². The third kappa shape index (κ3) is 3.85. The molecular formula is C7H5BrIN. The standard InChI is InChI=1S/C6H4BrI.CHN/c7-5-2-1-3-6(8)4-5;1-2/h1-4H;1H. The van der Waals surface area contributed by atoms with E-state index in [4.69, 9.17) is 5.26 Å². The van der Waals surface area contributed by atoms with Crippen molar-refractivity contribution in [1.82, 2.24) is 0 Å². The van der Waals surface area contributed by atoms with Gasteiger partial charge in [0.25, 0.3) is 0 Å². The molecule has 10 heavy (non-hydrogen) atoms. The molecule has 0 spiro atoms. The predicted octanol–water partition coefficient (Wildman–Crippen LogP) is 3.19. The van der Waals surface area contributed by atoms with Crippen molar-refractivity contribution in [3.05, 3.63) is 32.3 Å². The molecular weight excluding hydrogens is 305 g/mol. The molecule has 3 heteroatoms. The fourth-order valence-corrected chi connectivity index (χ4v) is 1.83. The summed E-state index contributed by atoms with van der Waals surface area (Å²) in [6.45, 7) is 3.50. The second-order valence-electron chi connectivity index (χ2n) is 1.44. The minimum atomic E-state index is 1.14. The van der Waals surface area contributed by atoms with Crippen LogP contribution in [0.3, 0.4) is 0 Å². The topological polar surface area (TPSA) is 23.8 Å². The highest BCUT2D eigenvalue weighted by Crippen LogP contribution is 2.12. The van der Waals surface area contributed by atoms with Crippen molar-refractivity contribution in [1.29, 1.82) is 5.26 Å². The number of halogens is 2. The van der Waals surface area contributed by atoms with Gasteiger partial charge >= 0.3 is 0 Å². The van der Waals surface area contributed by atoms with Gasteiger partial charge in [-0.3, -0.25) is 0 Å². The summed E-state index contributed by atoms with van der Waals surface area (Å²) in [5.74, 6) is 0. The summed E-state index contributed by atoms with van der Waals surface area (Å²) in [6.07, 6.45) is 0. The molecule has 1 rings (SSSR count). The molecule has 0 atom stereocenters. The average Bonchev–Trinajstić information content (AvgIpc) is 1.91. The van der Waals surface area contributed by atoms with Crippen LogP contribution >= 0.6 is 38.5 Å². The van der Waals surface area contributed by atoms with Crippen LogP contribution in [0.25, 0.3) is 0 Å². The quantitative estimate of drug-likeness (QED) is 0.675. The van der Waals surface area contributed by atoms with Crippen LogP contribution in [0, 0.1) is 15.4 Å². The maximum Gasteiger partial charge on any atom is 0.0462 e. The smallest absolute Gasteiger partial charge is 0.0462 e. The molecule has 0 unspecified atom stereocenters. The van der Waals surface area contributed by atoms with Crippen LogP contribution in [0.5, 0.6) is 0 Å². The van der Waals surface area contributed by atoms with Crippen molar-refractivity contribution in [2.45, 2.75) is 0 Å². The van der Waals surface area contributed by atoms with E-state index in [-0.39, 0.29) is 0 Å². The first-order valence-electron chi connectivity index (χ1n) is 2.46. The van der Waals surface area contributed by atoms with Crippen molar-refractivity contribution < 1.29 is 0 Å². The van der Waals surface area contributed by atoms with E-state index >= 15 is 0 Å². The summed E-state index contributed by atoms with van der Waals surface area (Å²) in [5, 5.41) is 6.50. The molecule has 0 amide bonds. The molecule has 0 bridgehead atoms. The van der Waals surface area contributed by atoms with Gasteiger partial charge in [0.1, 0.15) is 0 Å². The average molecular weight is 310 g/mol. The monoisotopic (exact) mass is 309 g/mol. The summed E-state index contributed by atoms with van der Waals surface area (Å²) in [7, 11) is 0. The fourth-order valence-electron chi connectivity index (χ4n) is 0.460. The maximum absolute atomic E-state index is 6.50. The lowest BCUT2D eigenvalue weighted by molar-refractivity contribution is 1.58. The fraction of sp³-hybridized carbons (Fsp3) is 0. The van der Waals surface area contributed by atoms with Gasteiger partial charge in [0.2, 0.25) is 0 Å². The first kappa shape index (κ1) is 9.92. The first-order chi connectivity index (χ1) is 4.79. The summed E-state index contributed by atoms with van der Waals surface area (Å²) >= 11 is 5.63. The van der Waals surface area contributed by atoms with Gasteiger partial charge in [-0.15, -0.1) is 0 Å². The van der Waals surface area contributed by atoms with Crippen molar-refractivity contribution >= 4 is 38.5 Å². The normalized spacial score (nSPS) is 7.60. The molecule has 0 aliphatic rings. The van der Waals surface area contributed by atoms with E-state index in [1.807, 2.05) is 12.1 Å². The van der Waals surface area contributed by atoms with Crippen LogP contribution < -0.4 is 0 Å². The van der Waals surface area contributed by atoms with Gasteiger partial charge in [-0.25, -0.2) is 5.26 Å². The van der Waals surface area contributed by atoms with Crippen molar-refractivity contribution in [2.75, 3.05) is 0 Å². The number of hydrogen-bond donors (Lipinski definition) is 0. The lowest BCUT2D eigenvalue weighted by Gasteiger charge is -1.87. The summed E-state index contributed by atoms with van der Waals surface area (Å²) in [6, 6.07) is 8.17. The Labute approximate surface area is 82.3 Å². The Hall–Kier alpha value is -0.0800. The predicted molar refractivity (Wildman–Crippen MR) is 53.5 cm³/mol.